The Balaban J connectivity index is 2.24. The number of carbonyl (C=O) groups excluding carboxylic acids is 2. The highest BCUT2D eigenvalue weighted by Crippen LogP contribution is 2.21. The number of anilines is 1. The molecule has 0 aliphatic rings. The van der Waals surface area contributed by atoms with Gasteiger partial charge in [-0.2, -0.15) is 0 Å². The number of carbonyl (C=O) groups is 2. The van der Waals surface area contributed by atoms with Gasteiger partial charge in [0.15, 0.2) is 0 Å². The third kappa shape index (κ3) is 9.03. The molecule has 0 bridgehead atoms. The Bertz CT molecular complexity index is 1140. The molecule has 0 heterocycles. The Hall–Kier alpha value is -3.14. The first kappa shape index (κ1) is 30.1. The number of nitrogens with zero attached hydrogens (tertiary/aromatic N) is 2. The molecule has 2 rings (SSSR count). The standard InChI is InChI=1S/C27H38FN3O5S/c1-6-20(3)29-27(33)25(7-2)30(19-21-10-8-11-24(18-21)36-4)26(32)12-9-17-31(37(5,34)35)23-15-13-22(28)14-16-23/h8,10-11,13-16,18,20,25H,6-7,9,12,17,19H2,1-5H3,(H,29,33)/t20-,25-/m1/s1. The number of sulfonamides is 1. The maximum absolute atomic E-state index is 13.5. The van der Waals surface area contributed by atoms with Crippen LogP contribution in [-0.2, 0) is 26.2 Å². The van der Waals surface area contributed by atoms with Gasteiger partial charge in [0.25, 0.3) is 0 Å². The van der Waals surface area contributed by atoms with Gasteiger partial charge in [-0.05, 0) is 68.1 Å². The summed E-state index contributed by atoms with van der Waals surface area (Å²) in [6.07, 6.45) is 2.50. The van der Waals surface area contributed by atoms with Crippen molar-refractivity contribution in [3.05, 3.63) is 59.9 Å². The van der Waals surface area contributed by atoms with Crippen LogP contribution in [0, 0.1) is 5.82 Å². The van der Waals surface area contributed by atoms with E-state index >= 15 is 0 Å². The van der Waals surface area contributed by atoms with Crippen LogP contribution in [0.1, 0.15) is 52.0 Å². The van der Waals surface area contributed by atoms with Crippen LogP contribution in [0.3, 0.4) is 0 Å². The molecular weight excluding hydrogens is 497 g/mol. The predicted octanol–water partition coefficient (Wildman–Crippen LogP) is 4.10. The van der Waals surface area contributed by atoms with Crippen LogP contribution in [-0.4, -0.2) is 57.1 Å². The Morgan fingerprint density at radius 1 is 1.08 bits per heavy atom. The number of methoxy groups -OCH3 is 1. The average molecular weight is 536 g/mol. The second-order valence-corrected chi connectivity index (χ2v) is 10.9. The van der Waals surface area contributed by atoms with Gasteiger partial charge >= 0.3 is 0 Å². The largest absolute Gasteiger partial charge is 0.497 e. The lowest BCUT2D eigenvalue weighted by Crippen LogP contribution is -2.50. The fourth-order valence-corrected chi connectivity index (χ4v) is 4.90. The van der Waals surface area contributed by atoms with Crippen LogP contribution in [0.4, 0.5) is 10.1 Å². The van der Waals surface area contributed by atoms with Gasteiger partial charge in [-0.25, -0.2) is 12.8 Å². The number of benzene rings is 2. The Morgan fingerprint density at radius 2 is 1.76 bits per heavy atom. The third-order valence-electron chi connectivity index (χ3n) is 6.14. The Morgan fingerprint density at radius 3 is 2.32 bits per heavy atom. The molecule has 8 nitrogen and oxygen atoms in total. The lowest BCUT2D eigenvalue weighted by Gasteiger charge is -2.32. The van der Waals surface area contributed by atoms with Crippen molar-refractivity contribution in [3.8, 4) is 5.75 Å². The molecule has 0 saturated carbocycles. The summed E-state index contributed by atoms with van der Waals surface area (Å²) < 4.78 is 44.5. The molecule has 2 aromatic carbocycles. The highest BCUT2D eigenvalue weighted by molar-refractivity contribution is 7.92. The van der Waals surface area contributed by atoms with Crippen molar-refractivity contribution in [2.75, 3.05) is 24.2 Å². The van der Waals surface area contributed by atoms with Crippen molar-refractivity contribution in [1.82, 2.24) is 10.2 Å². The van der Waals surface area contributed by atoms with Crippen molar-refractivity contribution < 1.29 is 27.1 Å². The number of hydrogen-bond donors (Lipinski definition) is 1. The molecule has 0 aliphatic heterocycles. The monoisotopic (exact) mass is 535 g/mol. The first-order chi connectivity index (χ1) is 17.5. The minimum atomic E-state index is -3.65. The molecular formula is C27H38FN3O5S. The Labute approximate surface area is 219 Å². The Kier molecular flexibility index (Phi) is 11.4. The predicted molar refractivity (Wildman–Crippen MR) is 143 cm³/mol. The summed E-state index contributed by atoms with van der Waals surface area (Å²) in [5.74, 6) is -0.314. The molecule has 2 atom stereocenters. The van der Waals surface area contributed by atoms with E-state index in [1.54, 1.807) is 18.1 Å². The van der Waals surface area contributed by atoms with Crippen molar-refractivity contribution in [1.29, 1.82) is 0 Å². The second-order valence-electron chi connectivity index (χ2n) is 9.03. The van der Waals surface area contributed by atoms with Crippen LogP contribution in [0.5, 0.6) is 5.75 Å². The molecule has 0 spiro atoms. The molecule has 0 saturated heterocycles. The highest BCUT2D eigenvalue weighted by Gasteiger charge is 2.29. The van der Waals surface area contributed by atoms with E-state index < -0.39 is 21.9 Å². The smallest absolute Gasteiger partial charge is 0.243 e. The molecule has 0 fully saturated rings. The van der Waals surface area contributed by atoms with Crippen LogP contribution < -0.4 is 14.4 Å². The average Bonchev–Trinajstić information content (AvgIpc) is 2.86. The van der Waals surface area contributed by atoms with E-state index in [0.29, 0.717) is 17.9 Å². The summed E-state index contributed by atoms with van der Waals surface area (Å²) in [4.78, 5) is 28.1. The molecule has 0 radical (unpaired) electrons. The number of rotatable bonds is 14. The first-order valence-corrected chi connectivity index (χ1v) is 14.3. The minimum absolute atomic E-state index is 0.0320. The van der Waals surface area contributed by atoms with Gasteiger partial charge in [0.1, 0.15) is 17.6 Å². The van der Waals surface area contributed by atoms with E-state index in [4.69, 9.17) is 4.74 Å². The molecule has 2 amide bonds. The molecule has 0 unspecified atom stereocenters. The van der Waals surface area contributed by atoms with Crippen LogP contribution in [0.25, 0.3) is 0 Å². The lowest BCUT2D eigenvalue weighted by molar-refractivity contribution is -0.141. The van der Waals surface area contributed by atoms with Gasteiger partial charge in [0, 0.05) is 25.6 Å². The van der Waals surface area contributed by atoms with Crippen LogP contribution in [0.2, 0.25) is 0 Å². The van der Waals surface area contributed by atoms with Gasteiger partial charge in [-0.15, -0.1) is 0 Å². The zero-order valence-electron chi connectivity index (χ0n) is 22.2. The summed E-state index contributed by atoms with van der Waals surface area (Å²) in [6.45, 7) is 5.98. The SMILES string of the molecule is CC[C@@H](C)NC(=O)[C@@H](CC)N(Cc1cccc(OC)c1)C(=O)CCCN(c1ccc(F)cc1)S(C)(=O)=O. The van der Waals surface area contributed by atoms with Gasteiger partial charge < -0.3 is 15.0 Å². The van der Waals surface area contributed by atoms with E-state index in [0.717, 1.165) is 22.5 Å². The van der Waals surface area contributed by atoms with Crippen molar-refractivity contribution in [2.45, 2.75) is 65.1 Å². The fourth-order valence-electron chi connectivity index (χ4n) is 3.94. The maximum atomic E-state index is 13.5. The van der Waals surface area contributed by atoms with Crippen LogP contribution in [0.15, 0.2) is 48.5 Å². The van der Waals surface area contributed by atoms with Crippen molar-refractivity contribution >= 4 is 27.5 Å². The summed E-state index contributed by atoms with van der Waals surface area (Å²) in [7, 11) is -2.09. The van der Waals surface area contributed by atoms with E-state index in [-0.39, 0.29) is 43.8 Å². The topological polar surface area (TPSA) is 96.0 Å². The molecule has 2 aromatic rings. The molecule has 0 aromatic heterocycles. The first-order valence-electron chi connectivity index (χ1n) is 12.5. The fraction of sp³-hybridized carbons (Fsp3) is 0.481. The number of amides is 2. The maximum Gasteiger partial charge on any atom is 0.243 e. The van der Waals surface area contributed by atoms with E-state index in [1.165, 1.54) is 24.3 Å². The zero-order valence-corrected chi connectivity index (χ0v) is 23.1. The summed E-state index contributed by atoms with van der Waals surface area (Å²) >= 11 is 0. The number of ether oxygens (including phenoxy) is 1. The van der Waals surface area contributed by atoms with Crippen molar-refractivity contribution in [3.63, 3.8) is 0 Å². The highest BCUT2D eigenvalue weighted by atomic mass is 32.2. The number of nitrogens with one attached hydrogen (secondary N) is 1. The zero-order chi connectivity index (χ0) is 27.6. The van der Waals surface area contributed by atoms with Gasteiger partial charge in [-0.1, -0.05) is 26.0 Å². The summed E-state index contributed by atoms with van der Waals surface area (Å²) in [6, 6.07) is 11.7. The minimum Gasteiger partial charge on any atom is -0.497 e. The normalized spacial score (nSPS) is 12.9. The van der Waals surface area contributed by atoms with Crippen molar-refractivity contribution in [2.24, 2.45) is 0 Å². The molecule has 37 heavy (non-hydrogen) atoms. The van der Waals surface area contributed by atoms with Gasteiger partial charge in [0.2, 0.25) is 21.8 Å². The number of hydrogen-bond acceptors (Lipinski definition) is 5. The van der Waals surface area contributed by atoms with Crippen LogP contribution >= 0.6 is 0 Å². The quantitative estimate of drug-likeness (QED) is 0.393. The number of halogens is 1. The summed E-state index contributed by atoms with van der Waals surface area (Å²) in [5, 5.41) is 2.97. The van der Waals surface area contributed by atoms with E-state index in [2.05, 4.69) is 5.32 Å². The molecule has 204 valence electrons. The third-order valence-corrected chi connectivity index (χ3v) is 7.33. The lowest BCUT2D eigenvalue weighted by atomic mass is 10.1. The molecule has 1 N–H and O–H groups in total. The second kappa shape index (κ2) is 14.0. The molecule has 10 heteroatoms. The van der Waals surface area contributed by atoms with Gasteiger partial charge in [0.05, 0.1) is 19.1 Å². The van der Waals surface area contributed by atoms with E-state index in [9.17, 15) is 22.4 Å². The summed E-state index contributed by atoms with van der Waals surface area (Å²) in [5.41, 5.74) is 1.13. The molecule has 0 aliphatic carbocycles. The van der Waals surface area contributed by atoms with Gasteiger partial charge in [-0.3, -0.25) is 13.9 Å². The van der Waals surface area contributed by atoms with E-state index in [1.807, 2.05) is 39.0 Å².